The zero-order valence-electron chi connectivity index (χ0n) is 10.4. The maximum Gasteiger partial charge on any atom is 0.176 e. The highest BCUT2D eigenvalue weighted by atomic mass is 32.2. The smallest absolute Gasteiger partial charge is 0.176 e. The number of ketones is 1. The van der Waals surface area contributed by atoms with Gasteiger partial charge in [-0.2, -0.15) is 0 Å². The van der Waals surface area contributed by atoms with Crippen LogP contribution in [0.1, 0.15) is 10.4 Å². The van der Waals surface area contributed by atoms with Gasteiger partial charge in [-0.15, -0.1) is 11.3 Å². The van der Waals surface area contributed by atoms with Gasteiger partial charge < -0.3 is 5.11 Å². The van der Waals surface area contributed by atoms with Gasteiger partial charge in [0.2, 0.25) is 0 Å². The molecule has 1 aromatic heterocycles. The lowest BCUT2D eigenvalue weighted by Gasteiger charge is -2.01. The molecule has 5 heteroatoms. The van der Waals surface area contributed by atoms with Crippen LogP contribution in [0, 0.1) is 0 Å². The fourth-order valence-electron chi connectivity index (χ4n) is 1.83. The fraction of sp³-hybridized carbons (Fsp3) is 0.0667. The number of para-hydroxylation sites is 2. The van der Waals surface area contributed by atoms with Gasteiger partial charge in [-0.05, 0) is 24.3 Å². The van der Waals surface area contributed by atoms with Gasteiger partial charge in [-0.3, -0.25) is 4.79 Å². The van der Waals surface area contributed by atoms with Crippen LogP contribution in [0.15, 0.2) is 52.9 Å². The Kier molecular flexibility index (Phi) is 3.71. The SMILES string of the molecule is O=C(CSc1nc2ccccc2s1)c1ccccc1O. The van der Waals surface area contributed by atoms with E-state index in [0.717, 1.165) is 14.6 Å². The van der Waals surface area contributed by atoms with Gasteiger partial charge in [0.05, 0.1) is 21.5 Å². The summed E-state index contributed by atoms with van der Waals surface area (Å²) in [6.07, 6.45) is 0. The first-order chi connectivity index (χ1) is 9.74. The first-order valence-electron chi connectivity index (χ1n) is 6.03. The molecule has 2 aromatic carbocycles. The van der Waals surface area contributed by atoms with Gasteiger partial charge in [0, 0.05) is 0 Å². The molecule has 0 radical (unpaired) electrons. The number of thiazole rings is 1. The Morgan fingerprint density at radius 3 is 2.70 bits per heavy atom. The van der Waals surface area contributed by atoms with Crippen molar-refractivity contribution in [3.63, 3.8) is 0 Å². The lowest BCUT2D eigenvalue weighted by atomic mass is 10.1. The van der Waals surface area contributed by atoms with Crippen molar-refractivity contribution in [2.24, 2.45) is 0 Å². The largest absolute Gasteiger partial charge is 0.507 e. The molecule has 0 spiro atoms. The quantitative estimate of drug-likeness (QED) is 0.585. The molecular formula is C15H11NO2S2. The summed E-state index contributed by atoms with van der Waals surface area (Å²) in [5, 5.41) is 9.65. The van der Waals surface area contributed by atoms with Crippen LogP contribution in [0.25, 0.3) is 10.2 Å². The minimum Gasteiger partial charge on any atom is -0.507 e. The van der Waals surface area contributed by atoms with Gasteiger partial charge in [-0.25, -0.2) is 4.98 Å². The molecule has 100 valence electrons. The van der Waals surface area contributed by atoms with Crippen LogP contribution >= 0.6 is 23.1 Å². The summed E-state index contributed by atoms with van der Waals surface area (Å²) >= 11 is 2.98. The molecule has 0 aliphatic carbocycles. The van der Waals surface area contributed by atoms with Crippen molar-refractivity contribution in [3.05, 3.63) is 54.1 Å². The molecule has 0 atom stereocenters. The average molecular weight is 301 g/mol. The van der Waals surface area contributed by atoms with Gasteiger partial charge in [0.25, 0.3) is 0 Å². The van der Waals surface area contributed by atoms with Crippen molar-refractivity contribution in [1.82, 2.24) is 4.98 Å². The number of fused-ring (bicyclic) bond motifs is 1. The number of nitrogens with zero attached hydrogens (tertiary/aromatic N) is 1. The summed E-state index contributed by atoms with van der Waals surface area (Å²) in [5.41, 5.74) is 1.32. The maximum atomic E-state index is 12.1. The lowest BCUT2D eigenvalue weighted by molar-refractivity contribution is 0.102. The number of aromatic hydroxyl groups is 1. The molecule has 3 aromatic rings. The van der Waals surface area contributed by atoms with Crippen molar-refractivity contribution >= 4 is 39.1 Å². The van der Waals surface area contributed by atoms with Gasteiger partial charge in [-0.1, -0.05) is 36.0 Å². The third kappa shape index (κ3) is 2.69. The Morgan fingerprint density at radius 2 is 1.90 bits per heavy atom. The Balaban J connectivity index is 1.73. The van der Waals surface area contributed by atoms with Crippen LogP contribution in [0.2, 0.25) is 0 Å². The number of phenolic OH excluding ortho intramolecular Hbond substituents is 1. The number of Topliss-reactive ketones (excluding diaryl/α,β-unsaturated/α-hetero) is 1. The van der Waals surface area contributed by atoms with E-state index in [1.807, 2.05) is 24.3 Å². The number of phenols is 1. The molecule has 0 amide bonds. The molecule has 0 saturated heterocycles. The standard InChI is InChI=1S/C15H11NO2S2/c17-12-7-3-1-5-10(12)13(18)9-19-15-16-11-6-2-4-8-14(11)20-15/h1-8,17H,9H2. The Morgan fingerprint density at radius 1 is 1.15 bits per heavy atom. The number of hydrogen-bond donors (Lipinski definition) is 1. The van der Waals surface area contributed by atoms with E-state index >= 15 is 0 Å². The highest BCUT2D eigenvalue weighted by molar-refractivity contribution is 8.01. The Hall–Kier alpha value is -1.85. The summed E-state index contributed by atoms with van der Waals surface area (Å²) in [6.45, 7) is 0. The number of carbonyl (C=O) groups excluding carboxylic acids is 1. The predicted molar refractivity (Wildman–Crippen MR) is 82.8 cm³/mol. The molecule has 20 heavy (non-hydrogen) atoms. The summed E-state index contributed by atoms with van der Waals surface area (Å²) in [7, 11) is 0. The van der Waals surface area contributed by atoms with Crippen molar-refractivity contribution in [1.29, 1.82) is 0 Å². The summed E-state index contributed by atoms with van der Waals surface area (Å²) in [4.78, 5) is 16.5. The number of hydrogen-bond acceptors (Lipinski definition) is 5. The van der Waals surface area contributed by atoms with Gasteiger partial charge in [0.15, 0.2) is 10.1 Å². The lowest BCUT2D eigenvalue weighted by Crippen LogP contribution is -2.02. The van der Waals surface area contributed by atoms with Crippen LogP contribution < -0.4 is 0 Å². The number of thioether (sulfide) groups is 1. The van der Waals surface area contributed by atoms with Crippen LogP contribution in [0.4, 0.5) is 0 Å². The monoisotopic (exact) mass is 301 g/mol. The first-order valence-corrected chi connectivity index (χ1v) is 7.84. The third-order valence-electron chi connectivity index (χ3n) is 2.81. The highest BCUT2D eigenvalue weighted by Gasteiger charge is 2.12. The molecule has 1 N–H and O–H groups in total. The molecular weight excluding hydrogens is 290 g/mol. The van der Waals surface area contributed by atoms with E-state index in [0.29, 0.717) is 5.56 Å². The molecule has 0 aliphatic heterocycles. The summed E-state index contributed by atoms with van der Waals surface area (Å²) in [5.74, 6) is 0.215. The van der Waals surface area contributed by atoms with Crippen LogP contribution in [0.3, 0.4) is 0 Å². The normalized spacial score (nSPS) is 10.8. The second-order valence-corrected chi connectivity index (χ2v) is 6.43. The summed E-state index contributed by atoms with van der Waals surface area (Å²) in [6, 6.07) is 14.5. The molecule has 0 fully saturated rings. The third-order valence-corrected chi connectivity index (χ3v) is 4.98. The van der Waals surface area contributed by atoms with E-state index in [9.17, 15) is 9.90 Å². The summed E-state index contributed by atoms with van der Waals surface area (Å²) < 4.78 is 1.99. The van der Waals surface area contributed by atoms with E-state index in [-0.39, 0.29) is 17.3 Å². The second-order valence-electron chi connectivity index (χ2n) is 4.18. The van der Waals surface area contributed by atoms with E-state index in [1.54, 1.807) is 29.5 Å². The molecule has 3 rings (SSSR count). The van der Waals surface area contributed by atoms with Gasteiger partial charge in [0.1, 0.15) is 5.75 Å². The predicted octanol–water partition coefficient (Wildman–Crippen LogP) is 3.98. The molecule has 0 aliphatic rings. The average Bonchev–Trinajstić information content (AvgIpc) is 2.88. The molecule has 1 heterocycles. The Labute approximate surface area is 124 Å². The zero-order valence-corrected chi connectivity index (χ0v) is 12.1. The van der Waals surface area contributed by atoms with E-state index in [1.165, 1.54) is 17.8 Å². The number of benzene rings is 2. The molecule has 0 bridgehead atoms. The van der Waals surface area contributed by atoms with Gasteiger partial charge >= 0.3 is 0 Å². The van der Waals surface area contributed by atoms with Crippen LogP contribution in [0.5, 0.6) is 5.75 Å². The molecule has 3 nitrogen and oxygen atoms in total. The maximum absolute atomic E-state index is 12.1. The van der Waals surface area contributed by atoms with E-state index in [4.69, 9.17) is 0 Å². The van der Waals surface area contributed by atoms with E-state index in [2.05, 4.69) is 4.98 Å². The first kappa shape index (κ1) is 13.1. The second kappa shape index (κ2) is 5.64. The fourth-order valence-corrected chi connectivity index (χ4v) is 3.78. The minimum atomic E-state index is -0.0904. The van der Waals surface area contributed by atoms with Crippen molar-refractivity contribution < 1.29 is 9.90 Å². The van der Waals surface area contributed by atoms with Crippen molar-refractivity contribution in [3.8, 4) is 5.75 Å². The molecule has 0 unspecified atom stereocenters. The number of aromatic nitrogens is 1. The van der Waals surface area contributed by atoms with Crippen LogP contribution in [-0.4, -0.2) is 21.6 Å². The topological polar surface area (TPSA) is 50.2 Å². The van der Waals surface area contributed by atoms with Crippen molar-refractivity contribution in [2.75, 3.05) is 5.75 Å². The zero-order chi connectivity index (χ0) is 13.9. The minimum absolute atomic E-state index is 0.0300. The van der Waals surface area contributed by atoms with Crippen LogP contribution in [-0.2, 0) is 0 Å². The highest BCUT2D eigenvalue weighted by Crippen LogP contribution is 2.30. The molecule has 0 saturated carbocycles. The Bertz CT molecular complexity index is 734. The van der Waals surface area contributed by atoms with E-state index < -0.39 is 0 Å². The number of carbonyl (C=O) groups is 1. The number of rotatable bonds is 4. The van der Waals surface area contributed by atoms with Crippen molar-refractivity contribution in [2.45, 2.75) is 4.34 Å².